The van der Waals surface area contributed by atoms with E-state index in [-0.39, 0.29) is 6.10 Å². The lowest BCUT2D eigenvalue weighted by atomic mass is 10.1. The maximum Gasteiger partial charge on any atom is 0.227 e. The molecule has 0 atom stereocenters. The second-order valence-corrected chi connectivity index (χ2v) is 7.54. The zero-order valence-corrected chi connectivity index (χ0v) is 16.9. The minimum absolute atomic E-state index is 0.288. The van der Waals surface area contributed by atoms with Crippen molar-refractivity contribution in [2.75, 3.05) is 83.4 Å². The first-order valence-corrected chi connectivity index (χ1v) is 9.85. The molecule has 1 aromatic rings. The highest BCUT2D eigenvalue weighted by atomic mass is 16.5. The van der Waals surface area contributed by atoms with E-state index >= 15 is 0 Å². The Hall–Kier alpha value is -1.88. The molecule has 1 aromatic heterocycles. The molecule has 0 unspecified atom stereocenters. The fraction of sp³-hybridized carbons (Fsp3) is 0.700. The first-order chi connectivity index (χ1) is 13.1. The third-order valence-corrected chi connectivity index (χ3v) is 5.23. The van der Waals surface area contributed by atoms with E-state index in [1.165, 1.54) is 0 Å². The van der Waals surface area contributed by atoms with Gasteiger partial charge in [-0.1, -0.05) is 11.8 Å². The Morgan fingerprint density at radius 1 is 1.11 bits per heavy atom. The fourth-order valence-electron chi connectivity index (χ4n) is 3.35. The number of likely N-dealkylation sites (N-methyl/N-ethyl adjacent to an activating group) is 1. The molecule has 0 N–H and O–H groups in total. The molecule has 0 bridgehead atoms. The van der Waals surface area contributed by atoms with Gasteiger partial charge in [0.15, 0.2) is 0 Å². The van der Waals surface area contributed by atoms with Gasteiger partial charge in [-0.15, -0.1) is 0 Å². The monoisotopic (exact) mass is 372 g/mol. The Morgan fingerprint density at radius 3 is 2.56 bits per heavy atom. The van der Waals surface area contributed by atoms with Gasteiger partial charge in [0.05, 0.1) is 12.6 Å². The number of anilines is 2. The van der Waals surface area contributed by atoms with Crippen LogP contribution in [0.15, 0.2) is 12.3 Å². The van der Waals surface area contributed by atoms with Crippen LogP contribution in [0.1, 0.15) is 12.8 Å². The van der Waals surface area contributed by atoms with Gasteiger partial charge in [0.25, 0.3) is 0 Å². The number of aromatic nitrogens is 2. The van der Waals surface area contributed by atoms with Crippen molar-refractivity contribution < 1.29 is 4.74 Å². The van der Waals surface area contributed by atoms with Crippen LogP contribution >= 0.6 is 0 Å². The van der Waals surface area contributed by atoms with E-state index in [1.807, 2.05) is 31.3 Å². The van der Waals surface area contributed by atoms with E-state index in [4.69, 9.17) is 4.74 Å². The van der Waals surface area contributed by atoms with Crippen molar-refractivity contribution in [3.05, 3.63) is 12.3 Å². The number of rotatable bonds is 5. The first kappa shape index (κ1) is 19.9. The Bertz CT molecular complexity index is 639. The Kier molecular flexibility index (Phi) is 7.27. The maximum absolute atomic E-state index is 5.96. The molecule has 7 heteroatoms. The van der Waals surface area contributed by atoms with Crippen LogP contribution in [-0.2, 0) is 4.74 Å². The molecule has 0 aliphatic carbocycles. The molecule has 0 aromatic carbocycles. The number of nitrogens with zero attached hydrogens (tertiary/aromatic N) is 6. The van der Waals surface area contributed by atoms with Crippen molar-refractivity contribution >= 4 is 11.8 Å². The quantitative estimate of drug-likeness (QED) is 0.708. The molecule has 3 heterocycles. The lowest BCUT2D eigenvalue weighted by Crippen LogP contribution is -2.44. The molecular weight excluding hydrogens is 340 g/mol. The van der Waals surface area contributed by atoms with Gasteiger partial charge in [0.2, 0.25) is 5.95 Å². The van der Waals surface area contributed by atoms with Gasteiger partial charge in [-0.05, 0) is 26.0 Å². The molecule has 0 amide bonds. The lowest BCUT2D eigenvalue weighted by molar-refractivity contribution is 0.0592. The van der Waals surface area contributed by atoms with Crippen LogP contribution in [0.25, 0.3) is 0 Å². The topological polar surface area (TPSA) is 48.0 Å². The third kappa shape index (κ3) is 6.06. The van der Waals surface area contributed by atoms with Crippen molar-refractivity contribution in [3.8, 4) is 11.8 Å². The largest absolute Gasteiger partial charge is 0.365 e. The lowest BCUT2D eigenvalue weighted by Gasteiger charge is -2.32. The highest BCUT2D eigenvalue weighted by Gasteiger charge is 2.21. The summed E-state index contributed by atoms with van der Waals surface area (Å²) >= 11 is 0. The minimum Gasteiger partial charge on any atom is -0.365 e. The number of hydrogen-bond donors (Lipinski definition) is 0. The molecule has 0 spiro atoms. The van der Waals surface area contributed by atoms with Crippen LogP contribution in [0.5, 0.6) is 0 Å². The number of piperazine rings is 1. The van der Waals surface area contributed by atoms with Crippen LogP contribution in [0.4, 0.5) is 11.8 Å². The molecule has 0 saturated carbocycles. The maximum atomic E-state index is 5.96. The standard InChI is InChI=1S/C20H32N6O/c1-23(2)19-6-9-21-20(22-19)26-11-7-18(8-12-26)27-17-5-4-10-25-15-13-24(3)14-16-25/h6,9,18H,7-8,10-17H2,1-3H3. The summed E-state index contributed by atoms with van der Waals surface area (Å²) in [5, 5.41) is 0. The van der Waals surface area contributed by atoms with Gasteiger partial charge in [-0.25, -0.2) is 4.98 Å². The Balaban J connectivity index is 1.35. The first-order valence-electron chi connectivity index (χ1n) is 9.85. The predicted octanol–water partition coefficient (Wildman–Crippen LogP) is 0.779. The number of piperidine rings is 1. The summed E-state index contributed by atoms with van der Waals surface area (Å²) in [7, 11) is 6.17. The van der Waals surface area contributed by atoms with E-state index < -0.39 is 0 Å². The van der Waals surface area contributed by atoms with Gasteiger partial charge >= 0.3 is 0 Å². The van der Waals surface area contributed by atoms with Crippen molar-refractivity contribution in [1.82, 2.24) is 19.8 Å². The van der Waals surface area contributed by atoms with Crippen LogP contribution in [0.3, 0.4) is 0 Å². The molecule has 7 nitrogen and oxygen atoms in total. The summed E-state index contributed by atoms with van der Waals surface area (Å²) in [4.78, 5) is 18.1. The summed E-state index contributed by atoms with van der Waals surface area (Å²) in [6.45, 7) is 7.74. The Morgan fingerprint density at radius 2 is 1.85 bits per heavy atom. The van der Waals surface area contributed by atoms with Crippen molar-refractivity contribution in [2.24, 2.45) is 0 Å². The second kappa shape index (κ2) is 9.88. The van der Waals surface area contributed by atoms with Crippen molar-refractivity contribution in [1.29, 1.82) is 0 Å². The van der Waals surface area contributed by atoms with Gasteiger partial charge in [0.1, 0.15) is 12.4 Å². The summed E-state index contributed by atoms with van der Waals surface area (Å²) in [5.74, 6) is 8.19. The van der Waals surface area contributed by atoms with Crippen molar-refractivity contribution in [2.45, 2.75) is 18.9 Å². The molecule has 2 aliphatic heterocycles. The van der Waals surface area contributed by atoms with E-state index in [9.17, 15) is 0 Å². The molecule has 2 aliphatic rings. The highest BCUT2D eigenvalue weighted by molar-refractivity contribution is 5.42. The zero-order valence-electron chi connectivity index (χ0n) is 16.9. The van der Waals surface area contributed by atoms with E-state index in [0.717, 1.165) is 70.4 Å². The molecule has 0 radical (unpaired) electrons. The van der Waals surface area contributed by atoms with Gasteiger partial charge in [0, 0.05) is 59.6 Å². The molecule has 2 saturated heterocycles. The molecule has 148 valence electrons. The fourth-order valence-corrected chi connectivity index (χ4v) is 3.35. The third-order valence-electron chi connectivity index (χ3n) is 5.23. The summed E-state index contributed by atoms with van der Waals surface area (Å²) < 4.78 is 5.96. The Labute approximate surface area is 163 Å². The van der Waals surface area contributed by atoms with Gasteiger partial charge < -0.3 is 19.4 Å². The highest BCUT2D eigenvalue weighted by Crippen LogP contribution is 2.19. The van der Waals surface area contributed by atoms with Crippen LogP contribution in [0, 0.1) is 11.8 Å². The predicted molar refractivity (Wildman–Crippen MR) is 109 cm³/mol. The normalized spacial score (nSPS) is 19.6. The SMILES string of the molecule is CN1CCN(CC#CCOC2CCN(c3nccc(N(C)C)n3)CC2)CC1. The zero-order chi connectivity index (χ0) is 19.1. The molecule has 2 fully saturated rings. The van der Waals surface area contributed by atoms with Gasteiger partial charge in [-0.2, -0.15) is 4.98 Å². The minimum atomic E-state index is 0.288. The van der Waals surface area contributed by atoms with Crippen LogP contribution in [-0.4, -0.2) is 99.4 Å². The number of ether oxygens (including phenoxy) is 1. The average molecular weight is 373 g/mol. The number of hydrogen-bond acceptors (Lipinski definition) is 7. The van der Waals surface area contributed by atoms with E-state index in [0.29, 0.717) is 6.61 Å². The molecular formula is C20H32N6O. The van der Waals surface area contributed by atoms with Crippen LogP contribution < -0.4 is 9.80 Å². The summed E-state index contributed by atoms with van der Waals surface area (Å²) in [5.41, 5.74) is 0. The average Bonchev–Trinajstić information content (AvgIpc) is 2.70. The second-order valence-electron chi connectivity index (χ2n) is 7.54. The van der Waals surface area contributed by atoms with Crippen molar-refractivity contribution in [3.63, 3.8) is 0 Å². The van der Waals surface area contributed by atoms with E-state index in [2.05, 4.69) is 43.6 Å². The summed E-state index contributed by atoms with van der Waals surface area (Å²) in [6.07, 6.45) is 4.11. The summed E-state index contributed by atoms with van der Waals surface area (Å²) in [6, 6.07) is 1.93. The molecule has 3 rings (SSSR count). The smallest absolute Gasteiger partial charge is 0.227 e. The van der Waals surface area contributed by atoms with Crippen LogP contribution in [0.2, 0.25) is 0 Å². The van der Waals surface area contributed by atoms with E-state index in [1.54, 1.807) is 0 Å². The molecule has 27 heavy (non-hydrogen) atoms. The van der Waals surface area contributed by atoms with Gasteiger partial charge in [-0.3, -0.25) is 4.90 Å².